The van der Waals surface area contributed by atoms with Crippen molar-refractivity contribution in [3.8, 4) is 11.1 Å². The number of amides is 2. The van der Waals surface area contributed by atoms with Crippen molar-refractivity contribution in [2.75, 3.05) is 0 Å². The van der Waals surface area contributed by atoms with Gasteiger partial charge in [0.05, 0.1) is 0 Å². The van der Waals surface area contributed by atoms with E-state index >= 15 is 0 Å². The number of aliphatic carboxylic acids is 1. The number of carbonyl (C=O) groups excluding carboxylic acids is 3. The van der Waals surface area contributed by atoms with Gasteiger partial charge in [-0.3, -0.25) is 14.4 Å². The monoisotopic (exact) mass is 408 g/mol. The first-order valence-corrected chi connectivity index (χ1v) is 9.81. The number of carbonyl (C=O) groups is 4. The summed E-state index contributed by atoms with van der Waals surface area (Å²) >= 11 is 0. The first-order valence-electron chi connectivity index (χ1n) is 9.81. The van der Waals surface area contributed by atoms with Crippen molar-refractivity contribution in [1.82, 2.24) is 10.6 Å². The zero-order chi connectivity index (χ0) is 22.0. The van der Waals surface area contributed by atoms with Crippen molar-refractivity contribution in [1.29, 1.82) is 0 Å². The highest BCUT2D eigenvalue weighted by Gasteiger charge is 2.31. The van der Waals surface area contributed by atoms with E-state index in [1.807, 2.05) is 13.8 Å². The van der Waals surface area contributed by atoms with Crippen LogP contribution in [0.3, 0.4) is 0 Å². The minimum absolute atomic E-state index is 0.0841. The number of benzene rings is 2. The normalized spacial score (nSPS) is 13.9. The molecule has 1 aliphatic carbocycles. The maximum absolute atomic E-state index is 12.9. The highest BCUT2D eigenvalue weighted by atomic mass is 16.4. The first kappa shape index (κ1) is 21.2. The molecule has 2 atom stereocenters. The molecule has 2 aromatic rings. The largest absolute Gasteiger partial charge is 0.480 e. The second-order valence-corrected chi connectivity index (χ2v) is 7.83. The molecule has 2 unspecified atom stereocenters. The predicted octanol–water partition coefficient (Wildman–Crippen LogP) is 2.63. The van der Waals surface area contributed by atoms with Crippen LogP contribution in [-0.4, -0.2) is 40.8 Å². The molecular weight excluding hydrogens is 384 g/mol. The third kappa shape index (κ3) is 4.10. The molecule has 7 heteroatoms. The molecule has 3 rings (SSSR count). The highest BCUT2D eigenvalue weighted by molar-refractivity contribution is 6.24. The Morgan fingerprint density at radius 3 is 2.17 bits per heavy atom. The number of hydrogen-bond donors (Lipinski definition) is 3. The van der Waals surface area contributed by atoms with Gasteiger partial charge in [-0.2, -0.15) is 0 Å². The molecule has 3 N–H and O–H groups in total. The van der Waals surface area contributed by atoms with Crippen LogP contribution in [0.25, 0.3) is 11.1 Å². The van der Waals surface area contributed by atoms with E-state index < -0.39 is 29.9 Å². The molecule has 0 spiro atoms. The third-order valence-corrected chi connectivity index (χ3v) is 5.06. The topological polar surface area (TPSA) is 113 Å². The fraction of sp³-hybridized carbons (Fsp3) is 0.304. The molecule has 0 saturated carbocycles. The van der Waals surface area contributed by atoms with Crippen molar-refractivity contribution in [2.24, 2.45) is 5.92 Å². The minimum Gasteiger partial charge on any atom is -0.480 e. The zero-order valence-electron chi connectivity index (χ0n) is 17.1. The van der Waals surface area contributed by atoms with Crippen LogP contribution in [0.5, 0.6) is 0 Å². The van der Waals surface area contributed by atoms with Gasteiger partial charge in [-0.15, -0.1) is 0 Å². The molecule has 2 aromatic carbocycles. The molecule has 0 radical (unpaired) electrons. The molecule has 7 nitrogen and oxygen atoms in total. The van der Waals surface area contributed by atoms with Crippen LogP contribution in [0.15, 0.2) is 42.5 Å². The second kappa shape index (κ2) is 8.49. The molecule has 0 saturated heterocycles. The van der Waals surface area contributed by atoms with Crippen molar-refractivity contribution >= 4 is 23.6 Å². The van der Waals surface area contributed by atoms with Crippen LogP contribution in [0.4, 0.5) is 0 Å². The number of carboxylic acids is 1. The Bertz CT molecular complexity index is 1030. The number of carboxylic acid groups (broad SMARTS) is 1. The lowest BCUT2D eigenvalue weighted by Gasteiger charge is -2.20. The Morgan fingerprint density at radius 2 is 1.53 bits per heavy atom. The molecule has 0 heterocycles. The minimum atomic E-state index is -1.12. The lowest BCUT2D eigenvalue weighted by molar-refractivity contribution is -0.142. The fourth-order valence-corrected chi connectivity index (χ4v) is 3.59. The number of nitrogens with one attached hydrogen (secondary N) is 2. The highest BCUT2D eigenvalue weighted by Crippen LogP contribution is 2.38. The zero-order valence-corrected chi connectivity index (χ0v) is 17.1. The summed E-state index contributed by atoms with van der Waals surface area (Å²) in [5, 5.41) is 14.4. The van der Waals surface area contributed by atoms with Crippen LogP contribution in [-0.2, 0) is 9.59 Å². The molecule has 156 valence electrons. The van der Waals surface area contributed by atoms with E-state index in [9.17, 15) is 24.3 Å². The van der Waals surface area contributed by atoms with Crippen molar-refractivity contribution in [3.05, 3.63) is 59.2 Å². The summed E-state index contributed by atoms with van der Waals surface area (Å²) in [4.78, 5) is 49.4. The van der Waals surface area contributed by atoms with Crippen LogP contribution in [0, 0.1) is 5.92 Å². The molecule has 0 bridgehead atoms. The molecular formula is C23H24N2O5. The van der Waals surface area contributed by atoms with E-state index in [4.69, 9.17) is 0 Å². The van der Waals surface area contributed by atoms with Crippen molar-refractivity contribution < 1.29 is 24.3 Å². The van der Waals surface area contributed by atoms with Gasteiger partial charge in [-0.1, -0.05) is 50.2 Å². The molecule has 0 fully saturated rings. The lowest BCUT2D eigenvalue weighted by Crippen LogP contribution is -2.50. The smallest absolute Gasteiger partial charge is 0.326 e. The average Bonchev–Trinajstić information content (AvgIpc) is 2.99. The summed E-state index contributed by atoms with van der Waals surface area (Å²) in [6.45, 7) is 5.22. The van der Waals surface area contributed by atoms with E-state index in [0.29, 0.717) is 27.8 Å². The van der Waals surface area contributed by atoms with E-state index in [2.05, 4.69) is 10.6 Å². The first-order chi connectivity index (χ1) is 14.2. The summed E-state index contributed by atoms with van der Waals surface area (Å²) < 4.78 is 0. The van der Waals surface area contributed by atoms with Crippen LogP contribution in [0.1, 0.15) is 53.5 Å². The average molecular weight is 408 g/mol. The fourth-order valence-electron chi connectivity index (χ4n) is 3.59. The van der Waals surface area contributed by atoms with Crippen molar-refractivity contribution in [3.63, 3.8) is 0 Å². The summed E-state index contributed by atoms with van der Waals surface area (Å²) in [6, 6.07) is 10.0. The number of rotatable bonds is 7. The SMILES string of the molecule is CC(C)CC(NC(=O)C(C)NC(=O)c1cccc2c1-c1ccccc1C2=O)C(=O)O. The maximum Gasteiger partial charge on any atom is 0.326 e. The summed E-state index contributed by atoms with van der Waals surface area (Å²) in [7, 11) is 0. The van der Waals surface area contributed by atoms with E-state index in [1.165, 1.54) is 6.92 Å². The standard InChI is InChI=1S/C23H24N2O5/c1-12(2)11-18(23(29)30)25-21(27)13(3)24-22(28)17-10-6-9-16-19(17)14-7-4-5-8-15(14)20(16)26/h4-10,12-13,18H,11H2,1-3H3,(H,24,28)(H,25,27)(H,29,30). The third-order valence-electron chi connectivity index (χ3n) is 5.06. The van der Waals surface area contributed by atoms with Gasteiger partial charge in [-0.05, 0) is 30.9 Å². The number of hydrogen-bond acceptors (Lipinski definition) is 4. The van der Waals surface area contributed by atoms with Gasteiger partial charge in [0, 0.05) is 22.3 Å². The quantitative estimate of drug-likeness (QED) is 0.556. The maximum atomic E-state index is 12.9. The van der Waals surface area contributed by atoms with Crippen LogP contribution < -0.4 is 10.6 Å². The number of ketones is 1. The number of fused-ring (bicyclic) bond motifs is 3. The molecule has 30 heavy (non-hydrogen) atoms. The van der Waals surface area contributed by atoms with Gasteiger partial charge >= 0.3 is 5.97 Å². The second-order valence-electron chi connectivity index (χ2n) is 7.83. The van der Waals surface area contributed by atoms with Gasteiger partial charge in [-0.25, -0.2) is 4.79 Å². The van der Waals surface area contributed by atoms with Gasteiger partial charge in [0.2, 0.25) is 5.91 Å². The van der Waals surface area contributed by atoms with Gasteiger partial charge in [0.1, 0.15) is 12.1 Å². The Morgan fingerprint density at radius 1 is 0.900 bits per heavy atom. The lowest BCUT2D eigenvalue weighted by atomic mass is 9.98. The molecule has 2 amide bonds. The molecule has 0 aromatic heterocycles. The van der Waals surface area contributed by atoms with Crippen molar-refractivity contribution in [2.45, 2.75) is 39.3 Å². The van der Waals surface area contributed by atoms with Crippen LogP contribution >= 0.6 is 0 Å². The Labute approximate surface area is 174 Å². The Balaban J connectivity index is 1.79. The predicted molar refractivity (Wildman–Crippen MR) is 111 cm³/mol. The summed E-state index contributed by atoms with van der Waals surface area (Å²) in [5.41, 5.74) is 2.51. The van der Waals surface area contributed by atoms with E-state index in [-0.39, 0.29) is 18.1 Å². The van der Waals surface area contributed by atoms with Crippen LogP contribution in [0.2, 0.25) is 0 Å². The van der Waals surface area contributed by atoms with Gasteiger partial charge in [0.25, 0.3) is 5.91 Å². The van der Waals surface area contributed by atoms with Gasteiger partial charge < -0.3 is 15.7 Å². The summed E-state index contributed by atoms with van der Waals surface area (Å²) in [5.74, 6) is -2.26. The molecule has 0 aliphatic heterocycles. The van der Waals surface area contributed by atoms with E-state index in [1.54, 1.807) is 42.5 Å². The Hall–Kier alpha value is -3.48. The van der Waals surface area contributed by atoms with Gasteiger partial charge in [0.15, 0.2) is 5.78 Å². The van der Waals surface area contributed by atoms with E-state index in [0.717, 1.165) is 0 Å². The molecule has 1 aliphatic rings. The Kier molecular flexibility index (Phi) is 6.01. The summed E-state index contributed by atoms with van der Waals surface area (Å²) in [6.07, 6.45) is 0.285.